The summed E-state index contributed by atoms with van der Waals surface area (Å²) in [6.45, 7) is 3.14. The summed E-state index contributed by atoms with van der Waals surface area (Å²) in [6.07, 6.45) is 2.12. The second-order valence-electron chi connectivity index (χ2n) is 5.57. The second kappa shape index (κ2) is 5.68. The molecule has 3 rings (SSSR count). The summed E-state index contributed by atoms with van der Waals surface area (Å²) < 4.78 is 0. The summed E-state index contributed by atoms with van der Waals surface area (Å²) in [5.41, 5.74) is 4.12. The molecular formula is C18H21NO. The van der Waals surface area contributed by atoms with Gasteiger partial charge in [-0.2, -0.15) is 0 Å². The number of phenols is 1. The number of nitrogens with one attached hydrogen (secondary N) is 1. The van der Waals surface area contributed by atoms with Crippen LogP contribution in [0, 0.1) is 5.92 Å². The smallest absolute Gasteiger partial charge is 0.115 e. The van der Waals surface area contributed by atoms with Gasteiger partial charge in [0.25, 0.3) is 0 Å². The third kappa shape index (κ3) is 2.56. The highest BCUT2D eigenvalue weighted by Gasteiger charge is 2.31. The Morgan fingerprint density at radius 1 is 1.15 bits per heavy atom. The number of fused-ring (bicyclic) bond motifs is 1. The Labute approximate surface area is 120 Å². The Balaban J connectivity index is 1.83. The molecule has 2 aromatic carbocycles. The van der Waals surface area contributed by atoms with Crippen molar-refractivity contribution in [3.8, 4) is 5.75 Å². The van der Waals surface area contributed by atoms with Gasteiger partial charge in [-0.25, -0.2) is 0 Å². The van der Waals surface area contributed by atoms with Crippen LogP contribution in [0.5, 0.6) is 5.75 Å². The standard InChI is InChI=1S/C18H21NO/c1-2-19-18-15(10-13-6-5-8-16(20)11-13)12-14-7-3-4-9-17(14)18/h3-9,11,15,18-20H,2,10,12H2,1H3. The van der Waals surface area contributed by atoms with E-state index in [4.69, 9.17) is 0 Å². The van der Waals surface area contributed by atoms with Gasteiger partial charge in [0, 0.05) is 6.04 Å². The number of hydrogen-bond acceptors (Lipinski definition) is 2. The molecule has 104 valence electrons. The summed E-state index contributed by atoms with van der Waals surface area (Å²) in [5, 5.41) is 13.2. The van der Waals surface area contributed by atoms with Crippen LogP contribution in [-0.2, 0) is 12.8 Å². The third-order valence-electron chi connectivity index (χ3n) is 4.18. The van der Waals surface area contributed by atoms with E-state index in [9.17, 15) is 5.11 Å². The largest absolute Gasteiger partial charge is 0.508 e. The van der Waals surface area contributed by atoms with Crippen molar-refractivity contribution in [1.82, 2.24) is 5.32 Å². The van der Waals surface area contributed by atoms with Gasteiger partial charge in [0.1, 0.15) is 5.75 Å². The van der Waals surface area contributed by atoms with E-state index in [1.54, 1.807) is 6.07 Å². The molecule has 2 N–H and O–H groups in total. The van der Waals surface area contributed by atoms with Gasteiger partial charge in [0.15, 0.2) is 0 Å². The Kier molecular flexibility index (Phi) is 3.75. The highest BCUT2D eigenvalue weighted by molar-refractivity contribution is 5.37. The molecule has 2 unspecified atom stereocenters. The Morgan fingerprint density at radius 3 is 2.80 bits per heavy atom. The van der Waals surface area contributed by atoms with Crippen LogP contribution in [0.1, 0.15) is 29.7 Å². The summed E-state index contributed by atoms with van der Waals surface area (Å²) >= 11 is 0. The topological polar surface area (TPSA) is 32.3 Å². The van der Waals surface area contributed by atoms with E-state index in [1.165, 1.54) is 16.7 Å². The first kappa shape index (κ1) is 13.2. The molecule has 20 heavy (non-hydrogen) atoms. The molecule has 2 heteroatoms. The molecule has 0 aromatic heterocycles. The van der Waals surface area contributed by atoms with E-state index in [0.29, 0.717) is 17.7 Å². The van der Waals surface area contributed by atoms with E-state index >= 15 is 0 Å². The van der Waals surface area contributed by atoms with E-state index < -0.39 is 0 Å². The van der Waals surface area contributed by atoms with Crippen molar-refractivity contribution >= 4 is 0 Å². The lowest BCUT2D eigenvalue weighted by molar-refractivity contribution is 0.393. The zero-order valence-corrected chi connectivity index (χ0v) is 11.8. The first-order valence-electron chi connectivity index (χ1n) is 7.37. The molecule has 2 aromatic rings. The van der Waals surface area contributed by atoms with Crippen LogP contribution < -0.4 is 5.32 Å². The van der Waals surface area contributed by atoms with Gasteiger partial charge in [-0.15, -0.1) is 0 Å². The molecule has 0 radical (unpaired) electrons. The first-order valence-corrected chi connectivity index (χ1v) is 7.37. The van der Waals surface area contributed by atoms with Crippen molar-refractivity contribution < 1.29 is 5.11 Å². The van der Waals surface area contributed by atoms with Crippen LogP contribution in [0.3, 0.4) is 0 Å². The minimum atomic E-state index is 0.359. The van der Waals surface area contributed by atoms with E-state index in [2.05, 4.69) is 42.6 Å². The Bertz CT molecular complexity index is 593. The van der Waals surface area contributed by atoms with Gasteiger partial charge in [-0.05, 0) is 54.1 Å². The second-order valence-corrected chi connectivity index (χ2v) is 5.57. The van der Waals surface area contributed by atoms with Gasteiger partial charge >= 0.3 is 0 Å². The fourth-order valence-electron chi connectivity index (χ4n) is 3.35. The molecule has 0 aliphatic heterocycles. The van der Waals surface area contributed by atoms with Crippen molar-refractivity contribution in [2.75, 3.05) is 6.54 Å². The van der Waals surface area contributed by atoms with Crippen molar-refractivity contribution in [2.24, 2.45) is 5.92 Å². The van der Waals surface area contributed by atoms with E-state index in [1.807, 2.05) is 12.1 Å². The van der Waals surface area contributed by atoms with Gasteiger partial charge in [0.05, 0.1) is 0 Å². The summed E-state index contributed by atoms with van der Waals surface area (Å²) in [7, 11) is 0. The third-order valence-corrected chi connectivity index (χ3v) is 4.18. The highest BCUT2D eigenvalue weighted by Crippen LogP contribution is 2.38. The molecule has 0 saturated carbocycles. The number of phenolic OH excluding ortho intramolecular Hbond substituents is 1. The Morgan fingerprint density at radius 2 is 2.00 bits per heavy atom. The van der Waals surface area contributed by atoms with Crippen molar-refractivity contribution in [2.45, 2.75) is 25.8 Å². The predicted octanol–water partition coefficient (Wildman–Crippen LogP) is 3.46. The van der Waals surface area contributed by atoms with Gasteiger partial charge in [-0.1, -0.05) is 43.3 Å². The van der Waals surface area contributed by atoms with Gasteiger partial charge in [0.2, 0.25) is 0 Å². The number of hydrogen-bond donors (Lipinski definition) is 2. The highest BCUT2D eigenvalue weighted by atomic mass is 16.3. The molecule has 0 saturated heterocycles. The number of rotatable bonds is 4. The maximum atomic E-state index is 9.61. The average molecular weight is 267 g/mol. The summed E-state index contributed by atoms with van der Waals surface area (Å²) in [6, 6.07) is 16.8. The van der Waals surface area contributed by atoms with Gasteiger partial charge in [-0.3, -0.25) is 0 Å². The van der Waals surface area contributed by atoms with Crippen molar-refractivity contribution in [1.29, 1.82) is 0 Å². The summed E-state index contributed by atoms with van der Waals surface area (Å²) in [5.74, 6) is 0.923. The number of benzene rings is 2. The normalized spacial score (nSPS) is 20.9. The molecule has 0 bridgehead atoms. The van der Waals surface area contributed by atoms with Crippen LogP contribution in [0.2, 0.25) is 0 Å². The zero-order chi connectivity index (χ0) is 13.9. The minimum absolute atomic E-state index is 0.359. The van der Waals surface area contributed by atoms with Crippen LogP contribution >= 0.6 is 0 Å². The molecule has 1 aliphatic rings. The quantitative estimate of drug-likeness (QED) is 0.889. The van der Waals surface area contributed by atoms with Crippen molar-refractivity contribution in [3.63, 3.8) is 0 Å². The van der Waals surface area contributed by atoms with E-state index in [-0.39, 0.29) is 0 Å². The molecule has 0 fully saturated rings. The predicted molar refractivity (Wildman–Crippen MR) is 81.9 cm³/mol. The van der Waals surface area contributed by atoms with Gasteiger partial charge < -0.3 is 10.4 Å². The van der Waals surface area contributed by atoms with Crippen molar-refractivity contribution in [3.05, 3.63) is 65.2 Å². The fourth-order valence-corrected chi connectivity index (χ4v) is 3.35. The maximum Gasteiger partial charge on any atom is 0.115 e. The SMILES string of the molecule is CCNC1c2ccccc2CC1Cc1cccc(O)c1. The molecule has 1 aliphatic carbocycles. The van der Waals surface area contributed by atoms with Crippen LogP contribution in [-0.4, -0.2) is 11.7 Å². The maximum absolute atomic E-state index is 9.61. The van der Waals surface area contributed by atoms with E-state index in [0.717, 1.165) is 19.4 Å². The number of aromatic hydroxyl groups is 1. The minimum Gasteiger partial charge on any atom is -0.508 e. The molecule has 0 spiro atoms. The lowest BCUT2D eigenvalue weighted by Crippen LogP contribution is -2.26. The van der Waals surface area contributed by atoms with Crippen LogP contribution in [0.15, 0.2) is 48.5 Å². The lowest BCUT2D eigenvalue weighted by Gasteiger charge is -2.21. The summed E-state index contributed by atoms with van der Waals surface area (Å²) in [4.78, 5) is 0. The lowest BCUT2D eigenvalue weighted by atomic mass is 9.92. The van der Waals surface area contributed by atoms with Crippen LogP contribution in [0.4, 0.5) is 0 Å². The molecule has 0 amide bonds. The monoisotopic (exact) mass is 267 g/mol. The van der Waals surface area contributed by atoms with Crippen LogP contribution in [0.25, 0.3) is 0 Å². The molecule has 0 heterocycles. The molecular weight excluding hydrogens is 246 g/mol. The average Bonchev–Trinajstić information content (AvgIpc) is 2.77. The molecule has 2 atom stereocenters. The first-order chi connectivity index (χ1) is 9.78. The Hall–Kier alpha value is -1.80. The molecule has 2 nitrogen and oxygen atoms in total. The zero-order valence-electron chi connectivity index (χ0n) is 11.8. The fraction of sp³-hybridized carbons (Fsp3) is 0.333.